The Morgan fingerprint density at radius 1 is 1.61 bits per heavy atom. The fourth-order valence-electron chi connectivity index (χ4n) is 1.36. The number of nitrogens with two attached hydrogens (primary N) is 1. The Labute approximate surface area is 105 Å². The van der Waals surface area contributed by atoms with E-state index in [1.165, 1.54) is 24.4 Å². The van der Waals surface area contributed by atoms with Crippen molar-refractivity contribution in [3.8, 4) is 0 Å². The van der Waals surface area contributed by atoms with Crippen LogP contribution in [-0.2, 0) is 11.3 Å². The average Bonchev–Trinajstić information content (AvgIpc) is 2.38. The predicted molar refractivity (Wildman–Crippen MR) is 65.8 cm³/mol. The van der Waals surface area contributed by atoms with Gasteiger partial charge >= 0.3 is 5.97 Å². The molecule has 0 bridgehead atoms. The zero-order valence-electron chi connectivity index (χ0n) is 9.80. The van der Waals surface area contributed by atoms with E-state index in [4.69, 9.17) is 10.8 Å². The molecule has 0 radical (unpaired) electrons. The lowest BCUT2D eigenvalue weighted by molar-refractivity contribution is -0.139. The lowest BCUT2D eigenvalue weighted by atomic mass is 10.1. The Bertz CT molecular complexity index is 460. The van der Waals surface area contributed by atoms with Crippen LogP contribution >= 0.6 is 0 Å². The van der Waals surface area contributed by atoms with Crippen molar-refractivity contribution in [3.05, 3.63) is 42.2 Å². The van der Waals surface area contributed by atoms with Crippen molar-refractivity contribution in [2.24, 2.45) is 5.73 Å². The molecule has 1 atom stereocenters. The topological polar surface area (TPSA) is 105 Å². The molecule has 1 heterocycles. The highest BCUT2D eigenvalue weighted by molar-refractivity contribution is 5.96. The summed E-state index contributed by atoms with van der Waals surface area (Å²) in [5.41, 5.74) is 6.32. The predicted octanol–water partition coefficient (Wildman–Crippen LogP) is 0.299. The number of pyridine rings is 1. The Kier molecular flexibility index (Phi) is 5.01. The molecule has 0 aliphatic rings. The maximum absolute atomic E-state index is 11.8. The van der Waals surface area contributed by atoms with Gasteiger partial charge in [0.05, 0.1) is 5.69 Å². The summed E-state index contributed by atoms with van der Waals surface area (Å²) in [6.45, 7) is 3.67. The summed E-state index contributed by atoms with van der Waals surface area (Å²) in [6, 6.07) is 2.05. The summed E-state index contributed by atoms with van der Waals surface area (Å²) in [6.07, 6.45) is 3.06. The molecule has 1 aromatic rings. The lowest BCUT2D eigenvalue weighted by Gasteiger charge is -2.12. The van der Waals surface area contributed by atoms with Gasteiger partial charge in [-0.25, -0.2) is 4.79 Å². The molecule has 1 aromatic heterocycles. The molecule has 1 unspecified atom stereocenters. The maximum atomic E-state index is 11.8. The number of carboxylic acid groups (broad SMARTS) is 1. The van der Waals surface area contributed by atoms with E-state index in [-0.39, 0.29) is 13.0 Å². The van der Waals surface area contributed by atoms with E-state index in [1.807, 2.05) is 0 Å². The molecule has 0 fully saturated rings. The number of nitrogens with one attached hydrogen (secondary N) is 1. The fourth-order valence-corrected chi connectivity index (χ4v) is 1.36. The van der Waals surface area contributed by atoms with E-state index in [0.29, 0.717) is 11.3 Å². The van der Waals surface area contributed by atoms with Crippen LogP contribution in [0.3, 0.4) is 0 Å². The van der Waals surface area contributed by atoms with Crippen LogP contribution in [0.5, 0.6) is 0 Å². The van der Waals surface area contributed by atoms with Crippen LogP contribution in [0.15, 0.2) is 31.0 Å². The summed E-state index contributed by atoms with van der Waals surface area (Å²) in [5.74, 6) is -1.57. The first kappa shape index (κ1) is 13.9. The van der Waals surface area contributed by atoms with Gasteiger partial charge in [-0.15, -0.1) is 6.58 Å². The number of nitrogens with zero attached hydrogens (tertiary/aromatic N) is 1. The van der Waals surface area contributed by atoms with Gasteiger partial charge in [0.1, 0.15) is 6.04 Å². The number of hydrogen-bond acceptors (Lipinski definition) is 4. The van der Waals surface area contributed by atoms with Crippen LogP contribution < -0.4 is 11.1 Å². The summed E-state index contributed by atoms with van der Waals surface area (Å²) in [7, 11) is 0. The van der Waals surface area contributed by atoms with Crippen LogP contribution in [0.4, 0.5) is 0 Å². The highest BCUT2D eigenvalue weighted by Crippen LogP contribution is 2.03. The van der Waals surface area contributed by atoms with Crippen LogP contribution in [0, 0.1) is 0 Å². The second kappa shape index (κ2) is 6.51. The van der Waals surface area contributed by atoms with Gasteiger partial charge < -0.3 is 16.2 Å². The van der Waals surface area contributed by atoms with Crippen molar-refractivity contribution in [1.29, 1.82) is 0 Å². The Morgan fingerprint density at radius 3 is 2.89 bits per heavy atom. The van der Waals surface area contributed by atoms with Crippen molar-refractivity contribution in [2.75, 3.05) is 0 Å². The molecule has 6 heteroatoms. The Balaban J connectivity index is 2.79. The summed E-state index contributed by atoms with van der Waals surface area (Å²) in [5, 5.41) is 11.3. The first-order chi connectivity index (χ1) is 8.58. The normalized spacial score (nSPS) is 11.6. The SMILES string of the molecule is C=CCC(NC(=O)c1ccnc(CN)c1)C(=O)O. The average molecular weight is 249 g/mol. The highest BCUT2D eigenvalue weighted by Gasteiger charge is 2.19. The first-order valence-corrected chi connectivity index (χ1v) is 5.38. The fraction of sp³-hybridized carbons (Fsp3) is 0.250. The Morgan fingerprint density at radius 2 is 2.33 bits per heavy atom. The van der Waals surface area contributed by atoms with Gasteiger partial charge in [-0.05, 0) is 18.6 Å². The van der Waals surface area contributed by atoms with E-state index in [9.17, 15) is 9.59 Å². The van der Waals surface area contributed by atoms with Gasteiger partial charge in [-0.3, -0.25) is 9.78 Å². The smallest absolute Gasteiger partial charge is 0.326 e. The molecule has 0 aromatic carbocycles. The third-order valence-corrected chi connectivity index (χ3v) is 2.29. The van der Waals surface area contributed by atoms with E-state index in [1.54, 1.807) is 0 Å². The van der Waals surface area contributed by atoms with Gasteiger partial charge in [0.25, 0.3) is 5.91 Å². The third kappa shape index (κ3) is 3.67. The minimum Gasteiger partial charge on any atom is -0.480 e. The number of amides is 1. The molecule has 0 aliphatic heterocycles. The lowest BCUT2D eigenvalue weighted by Crippen LogP contribution is -2.40. The van der Waals surface area contributed by atoms with Gasteiger partial charge in [0.15, 0.2) is 0 Å². The third-order valence-electron chi connectivity index (χ3n) is 2.29. The molecule has 1 amide bonds. The summed E-state index contributed by atoms with van der Waals surface area (Å²) in [4.78, 5) is 26.7. The number of aliphatic carboxylic acids is 1. The van der Waals surface area contributed by atoms with Gasteiger partial charge in [-0.2, -0.15) is 0 Å². The van der Waals surface area contributed by atoms with E-state index in [0.717, 1.165) is 0 Å². The number of carboxylic acids is 1. The summed E-state index contributed by atoms with van der Waals surface area (Å²) < 4.78 is 0. The van der Waals surface area contributed by atoms with Crippen LogP contribution in [-0.4, -0.2) is 28.0 Å². The van der Waals surface area contributed by atoms with Gasteiger partial charge in [0.2, 0.25) is 0 Å². The van der Waals surface area contributed by atoms with Gasteiger partial charge in [0, 0.05) is 18.3 Å². The number of aromatic nitrogens is 1. The van der Waals surface area contributed by atoms with E-state index < -0.39 is 17.9 Å². The molecular formula is C12H15N3O3. The van der Waals surface area contributed by atoms with E-state index >= 15 is 0 Å². The molecule has 0 spiro atoms. The minimum absolute atomic E-state index is 0.163. The van der Waals surface area contributed by atoms with Crippen molar-refractivity contribution in [2.45, 2.75) is 19.0 Å². The molecule has 0 saturated heterocycles. The van der Waals surface area contributed by atoms with E-state index in [2.05, 4.69) is 16.9 Å². The van der Waals surface area contributed by atoms with Crippen molar-refractivity contribution >= 4 is 11.9 Å². The zero-order chi connectivity index (χ0) is 13.5. The van der Waals surface area contributed by atoms with Crippen molar-refractivity contribution in [1.82, 2.24) is 10.3 Å². The molecule has 6 nitrogen and oxygen atoms in total. The number of carbonyl (C=O) groups excluding carboxylic acids is 1. The number of hydrogen-bond donors (Lipinski definition) is 3. The van der Waals surface area contributed by atoms with Crippen LogP contribution in [0.1, 0.15) is 22.5 Å². The van der Waals surface area contributed by atoms with Crippen LogP contribution in [0.2, 0.25) is 0 Å². The highest BCUT2D eigenvalue weighted by atomic mass is 16.4. The van der Waals surface area contributed by atoms with Crippen LogP contribution in [0.25, 0.3) is 0 Å². The molecule has 1 rings (SSSR count). The quantitative estimate of drug-likeness (QED) is 0.629. The monoisotopic (exact) mass is 249 g/mol. The van der Waals surface area contributed by atoms with Crippen molar-refractivity contribution in [3.63, 3.8) is 0 Å². The summed E-state index contributed by atoms with van der Waals surface area (Å²) >= 11 is 0. The second-order valence-corrected chi connectivity index (χ2v) is 3.63. The minimum atomic E-state index is -1.10. The second-order valence-electron chi connectivity index (χ2n) is 3.63. The standard InChI is InChI=1S/C12H15N3O3/c1-2-3-10(12(17)18)15-11(16)8-4-5-14-9(6-8)7-13/h2,4-6,10H,1,3,7,13H2,(H,15,16)(H,17,18). The van der Waals surface area contributed by atoms with Gasteiger partial charge in [-0.1, -0.05) is 6.08 Å². The zero-order valence-corrected chi connectivity index (χ0v) is 9.80. The Hall–Kier alpha value is -2.21. The molecule has 18 heavy (non-hydrogen) atoms. The maximum Gasteiger partial charge on any atom is 0.326 e. The number of rotatable bonds is 6. The number of carbonyl (C=O) groups is 2. The molecular weight excluding hydrogens is 234 g/mol. The molecule has 0 saturated carbocycles. The largest absolute Gasteiger partial charge is 0.480 e. The molecule has 96 valence electrons. The van der Waals surface area contributed by atoms with Crippen molar-refractivity contribution < 1.29 is 14.7 Å². The first-order valence-electron chi connectivity index (χ1n) is 5.38. The molecule has 0 aliphatic carbocycles. The molecule has 4 N–H and O–H groups in total.